The van der Waals surface area contributed by atoms with E-state index in [0.29, 0.717) is 11.4 Å². The number of nitrogens with zero attached hydrogens (tertiary/aromatic N) is 2. The molecule has 0 unspecified atom stereocenters. The molecular formula is C18H12F3IN2. The van der Waals surface area contributed by atoms with Gasteiger partial charge in [0.1, 0.15) is 0 Å². The van der Waals surface area contributed by atoms with Gasteiger partial charge in [-0.1, -0.05) is 12.1 Å². The standard InChI is InChI=1S/C18H12F3IN2/c19-18(20,21)13-4-1-7-16(10-13)24-9-3-8-17(24)12-23-15-6-2-5-14(22)11-15/h1-12H. The van der Waals surface area contributed by atoms with Gasteiger partial charge in [-0.15, -0.1) is 0 Å². The zero-order valence-corrected chi connectivity index (χ0v) is 14.5. The van der Waals surface area contributed by atoms with Crippen molar-refractivity contribution in [2.45, 2.75) is 6.18 Å². The molecule has 2 aromatic carbocycles. The summed E-state index contributed by atoms with van der Waals surface area (Å²) >= 11 is 2.20. The van der Waals surface area contributed by atoms with Gasteiger partial charge in [-0.25, -0.2) is 0 Å². The minimum Gasteiger partial charge on any atom is -0.316 e. The first-order chi connectivity index (χ1) is 11.4. The van der Waals surface area contributed by atoms with Crippen LogP contribution in [0.5, 0.6) is 0 Å². The maximum absolute atomic E-state index is 12.9. The third kappa shape index (κ3) is 3.87. The van der Waals surface area contributed by atoms with E-state index < -0.39 is 11.7 Å². The van der Waals surface area contributed by atoms with Crippen molar-refractivity contribution in [1.82, 2.24) is 4.57 Å². The van der Waals surface area contributed by atoms with Crippen LogP contribution in [-0.2, 0) is 6.18 Å². The number of benzene rings is 2. The molecule has 0 atom stereocenters. The van der Waals surface area contributed by atoms with Crippen LogP contribution in [0.4, 0.5) is 18.9 Å². The Labute approximate surface area is 150 Å². The molecule has 0 saturated heterocycles. The Kier molecular flexibility index (Phi) is 4.75. The van der Waals surface area contributed by atoms with Crippen LogP contribution in [0.25, 0.3) is 5.69 Å². The van der Waals surface area contributed by atoms with E-state index in [0.717, 1.165) is 21.4 Å². The van der Waals surface area contributed by atoms with Gasteiger partial charge in [0.25, 0.3) is 0 Å². The lowest BCUT2D eigenvalue weighted by Crippen LogP contribution is -2.06. The molecule has 6 heteroatoms. The highest BCUT2D eigenvalue weighted by Crippen LogP contribution is 2.30. The molecule has 0 saturated carbocycles. The molecule has 1 aromatic heterocycles. The zero-order chi connectivity index (χ0) is 17.2. The minimum atomic E-state index is -4.36. The molecule has 0 aliphatic rings. The molecule has 2 nitrogen and oxygen atoms in total. The van der Waals surface area contributed by atoms with E-state index in [1.807, 2.05) is 24.3 Å². The largest absolute Gasteiger partial charge is 0.416 e. The van der Waals surface area contributed by atoms with Crippen molar-refractivity contribution in [3.05, 3.63) is 81.7 Å². The van der Waals surface area contributed by atoms with Gasteiger partial charge in [-0.05, 0) is 71.1 Å². The predicted molar refractivity (Wildman–Crippen MR) is 97.2 cm³/mol. The molecule has 0 aliphatic carbocycles. The van der Waals surface area contributed by atoms with Crippen LogP contribution < -0.4 is 0 Å². The van der Waals surface area contributed by atoms with Gasteiger partial charge in [0.15, 0.2) is 0 Å². The second-order valence-corrected chi connectivity index (χ2v) is 6.33. The number of aromatic nitrogens is 1. The molecule has 0 fully saturated rings. The Hall–Kier alpha value is -2.09. The lowest BCUT2D eigenvalue weighted by molar-refractivity contribution is -0.137. The van der Waals surface area contributed by atoms with Crippen molar-refractivity contribution in [2.75, 3.05) is 0 Å². The van der Waals surface area contributed by atoms with Gasteiger partial charge >= 0.3 is 6.18 Å². The van der Waals surface area contributed by atoms with Crippen LogP contribution in [0.15, 0.2) is 71.9 Å². The van der Waals surface area contributed by atoms with Gasteiger partial charge in [0, 0.05) is 15.5 Å². The smallest absolute Gasteiger partial charge is 0.316 e. The fraction of sp³-hybridized carbons (Fsp3) is 0.0556. The number of hydrogen-bond acceptors (Lipinski definition) is 1. The summed E-state index contributed by atoms with van der Waals surface area (Å²) < 4.78 is 41.4. The van der Waals surface area contributed by atoms with Gasteiger partial charge < -0.3 is 4.57 Å². The molecule has 3 aromatic rings. The van der Waals surface area contributed by atoms with Crippen LogP contribution in [-0.4, -0.2) is 10.8 Å². The molecule has 0 bridgehead atoms. The second-order valence-electron chi connectivity index (χ2n) is 5.09. The van der Waals surface area contributed by atoms with E-state index in [4.69, 9.17) is 0 Å². The van der Waals surface area contributed by atoms with Crippen molar-refractivity contribution in [3.63, 3.8) is 0 Å². The first kappa shape index (κ1) is 16.8. The second kappa shape index (κ2) is 6.80. The molecule has 0 amide bonds. The summed E-state index contributed by atoms with van der Waals surface area (Å²) in [6.45, 7) is 0. The van der Waals surface area contributed by atoms with Crippen LogP contribution in [0.2, 0.25) is 0 Å². The Morgan fingerprint density at radius 1 is 0.958 bits per heavy atom. The van der Waals surface area contributed by atoms with Crippen molar-refractivity contribution in [1.29, 1.82) is 0 Å². The van der Waals surface area contributed by atoms with Gasteiger partial charge in [-0.3, -0.25) is 4.99 Å². The molecule has 1 heterocycles. The molecule has 3 rings (SSSR count). The normalized spacial score (nSPS) is 12.0. The third-order valence-electron chi connectivity index (χ3n) is 3.39. The molecule has 24 heavy (non-hydrogen) atoms. The highest BCUT2D eigenvalue weighted by molar-refractivity contribution is 14.1. The van der Waals surface area contributed by atoms with E-state index in [1.165, 1.54) is 6.07 Å². The van der Waals surface area contributed by atoms with Crippen LogP contribution in [0.3, 0.4) is 0 Å². The monoisotopic (exact) mass is 440 g/mol. The Morgan fingerprint density at radius 3 is 2.50 bits per heavy atom. The summed E-state index contributed by atoms with van der Waals surface area (Å²) in [4.78, 5) is 4.39. The SMILES string of the molecule is FC(F)(F)c1cccc(-n2cccc2C=Nc2cccc(I)c2)c1. The Bertz CT molecular complexity index is 882. The number of hydrogen-bond donors (Lipinski definition) is 0. The highest BCUT2D eigenvalue weighted by atomic mass is 127. The van der Waals surface area contributed by atoms with E-state index in [1.54, 1.807) is 35.2 Å². The lowest BCUT2D eigenvalue weighted by Gasteiger charge is -2.11. The van der Waals surface area contributed by atoms with Crippen molar-refractivity contribution in [3.8, 4) is 5.69 Å². The summed E-state index contributed by atoms with van der Waals surface area (Å²) in [5.41, 5.74) is 1.26. The average molecular weight is 440 g/mol. The summed E-state index contributed by atoms with van der Waals surface area (Å²) in [6.07, 6.45) is -1.00. The topological polar surface area (TPSA) is 17.3 Å². The molecule has 0 radical (unpaired) electrons. The van der Waals surface area contributed by atoms with Gasteiger partial charge in [0.2, 0.25) is 0 Å². The molecule has 0 aliphatic heterocycles. The number of aliphatic imine (C=N–C) groups is 1. The number of alkyl halides is 3. The molecule has 0 N–H and O–H groups in total. The van der Waals surface area contributed by atoms with Crippen LogP contribution >= 0.6 is 22.6 Å². The van der Waals surface area contributed by atoms with Crippen LogP contribution in [0, 0.1) is 3.57 Å². The first-order valence-corrected chi connectivity index (χ1v) is 8.16. The molecular weight excluding hydrogens is 428 g/mol. The number of rotatable bonds is 3. The van der Waals surface area contributed by atoms with Crippen LogP contribution in [0.1, 0.15) is 11.3 Å². The Balaban J connectivity index is 1.94. The van der Waals surface area contributed by atoms with Gasteiger partial charge in [0.05, 0.1) is 23.2 Å². The van der Waals surface area contributed by atoms with Crippen molar-refractivity contribution >= 4 is 34.5 Å². The Morgan fingerprint density at radius 2 is 1.75 bits per heavy atom. The van der Waals surface area contributed by atoms with Crippen molar-refractivity contribution < 1.29 is 13.2 Å². The maximum atomic E-state index is 12.9. The van der Waals surface area contributed by atoms with Gasteiger partial charge in [-0.2, -0.15) is 13.2 Å². The fourth-order valence-corrected chi connectivity index (χ4v) is 2.79. The fourth-order valence-electron chi connectivity index (χ4n) is 2.26. The highest BCUT2D eigenvalue weighted by Gasteiger charge is 2.30. The summed E-state index contributed by atoms with van der Waals surface area (Å²) in [7, 11) is 0. The summed E-state index contributed by atoms with van der Waals surface area (Å²) in [6, 6.07) is 16.5. The maximum Gasteiger partial charge on any atom is 0.416 e. The zero-order valence-electron chi connectivity index (χ0n) is 12.3. The minimum absolute atomic E-state index is 0.443. The van der Waals surface area contributed by atoms with E-state index in [-0.39, 0.29) is 0 Å². The predicted octanol–water partition coefficient (Wildman–Crippen LogP) is 5.85. The first-order valence-electron chi connectivity index (χ1n) is 7.08. The average Bonchev–Trinajstić information content (AvgIpc) is 3.01. The summed E-state index contributed by atoms with van der Waals surface area (Å²) in [5.74, 6) is 0. The van der Waals surface area contributed by atoms with E-state index >= 15 is 0 Å². The number of halogens is 4. The van der Waals surface area contributed by atoms with E-state index in [9.17, 15) is 13.2 Å². The molecule has 0 spiro atoms. The van der Waals surface area contributed by atoms with Crippen molar-refractivity contribution in [2.24, 2.45) is 4.99 Å². The summed E-state index contributed by atoms with van der Waals surface area (Å²) in [5, 5.41) is 0. The third-order valence-corrected chi connectivity index (χ3v) is 4.06. The van der Waals surface area contributed by atoms with E-state index in [2.05, 4.69) is 27.6 Å². The molecule has 122 valence electrons. The lowest BCUT2D eigenvalue weighted by atomic mass is 10.2. The quantitative estimate of drug-likeness (QED) is 0.359.